The van der Waals surface area contributed by atoms with Gasteiger partial charge in [0.2, 0.25) is 5.91 Å². The number of unbranched alkanes of at least 4 members (excludes halogenated alkanes) is 4. The van der Waals surface area contributed by atoms with E-state index in [4.69, 9.17) is 5.11 Å². The van der Waals surface area contributed by atoms with Gasteiger partial charge in [0.15, 0.2) is 0 Å². The summed E-state index contributed by atoms with van der Waals surface area (Å²) in [4.78, 5) is 22.7. The van der Waals surface area contributed by atoms with Gasteiger partial charge in [-0.3, -0.25) is 9.59 Å². The average Bonchev–Trinajstić information content (AvgIpc) is 3.31. The smallest absolute Gasteiger partial charge is 0.303 e. The summed E-state index contributed by atoms with van der Waals surface area (Å²) in [6.07, 6.45) is 6.05. The predicted octanol–water partition coefficient (Wildman–Crippen LogP) is 3.40. The van der Waals surface area contributed by atoms with Crippen molar-refractivity contribution in [3.05, 3.63) is 35.6 Å². The largest absolute Gasteiger partial charge is 0.481 e. The van der Waals surface area contributed by atoms with E-state index in [2.05, 4.69) is 5.32 Å². The second-order valence-electron chi connectivity index (χ2n) is 6.23. The average molecular weight is 321 g/mol. The minimum atomic E-state index is -0.750. The zero-order chi connectivity index (χ0) is 16.7. The normalized spacial score (nSPS) is 15.2. The van der Waals surface area contributed by atoms with E-state index in [9.17, 15) is 14.0 Å². The summed E-state index contributed by atoms with van der Waals surface area (Å²) in [5.74, 6) is -1.13. The van der Waals surface area contributed by atoms with E-state index in [-0.39, 0.29) is 18.1 Å². The third kappa shape index (κ3) is 4.78. The van der Waals surface area contributed by atoms with Crippen LogP contribution in [0.1, 0.15) is 56.9 Å². The third-order valence-electron chi connectivity index (χ3n) is 4.43. The Labute approximate surface area is 136 Å². The van der Waals surface area contributed by atoms with Gasteiger partial charge >= 0.3 is 5.97 Å². The molecule has 0 heterocycles. The van der Waals surface area contributed by atoms with E-state index in [1.807, 2.05) is 0 Å². The molecule has 1 aliphatic rings. The van der Waals surface area contributed by atoms with Gasteiger partial charge in [0.05, 0.1) is 5.41 Å². The fourth-order valence-corrected chi connectivity index (χ4v) is 2.90. The van der Waals surface area contributed by atoms with Gasteiger partial charge < -0.3 is 10.4 Å². The number of carbonyl (C=O) groups is 2. The summed E-state index contributed by atoms with van der Waals surface area (Å²) in [6, 6.07) is 6.50. The molecule has 0 saturated heterocycles. The summed E-state index contributed by atoms with van der Waals surface area (Å²) >= 11 is 0. The van der Waals surface area contributed by atoms with Crippen LogP contribution in [0.4, 0.5) is 4.39 Å². The van der Waals surface area contributed by atoms with E-state index in [1.54, 1.807) is 18.2 Å². The van der Waals surface area contributed by atoms with Crippen LogP contribution in [0.25, 0.3) is 0 Å². The maximum absolute atomic E-state index is 13.9. The van der Waals surface area contributed by atoms with Gasteiger partial charge in [0.1, 0.15) is 5.82 Å². The molecule has 0 spiro atoms. The minimum Gasteiger partial charge on any atom is -0.481 e. The van der Waals surface area contributed by atoms with Crippen LogP contribution < -0.4 is 5.32 Å². The van der Waals surface area contributed by atoms with Crippen LogP contribution >= 0.6 is 0 Å². The number of carbonyl (C=O) groups excluding carboxylic acids is 1. The highest BCUT2D eigenvalue weighted by atomic mass is 19.1. The summed E-state index contributed by atoms with van der Waals surface area (Å²) in [5.41, 5.74) is -0.154. The Kier molecular flexibility index (Phi) is 6.13. The Morgan fingerprint density at radius 2 is 1.74 bits per heavy atom. The van der Waals surface area contributed by atoms with Crippen LogP contribution in [0.2, 0.25) is 0 Å². The Bertz CT molecular complexity index is 555. The van der Waals surface area contributed by atoms with E-state index < -0.39 is 11.4 Å². The van der Waals surface area contributed by atoms with E-state index in [1.165, 1.54) is 6.07 Å². The van der Waals surface area contributed by atoms with E-state index in [0.29, 0.717) is 31.4 Å². The molecule has 0 aliphatic heterocycles. The molecular weight excluding hydrogens is 297 g/mol. The lowest BCUT2D eigenvalue weighted by molar-refractivity contribution is -0.137. The van der Waals surface area contributed by atoms with Crippen molar-refractivity contribution in [1.82, 2.24) is 5.32 Å². The molecular formula is C18H24FNO3. The summed E-state index contributed by atoms with van der Waals surface area (Å²) in [6.45, 7) is 0.591. The number of nitrogens with one attached hydrogen (secondary N) is 1. The number of aliphatic carboxylic acids is 1. The van der Waals surface area contributed by atoms with E-state index >= 15 is 0 Å². The molecule has 0 radical (unpaired) electrons. The van der Waals surface area contributed by atoms with Crippen molar-refractivity contribution in [3.63, 3.8) is 0 Å². The number of halogens is 1. The fraction of sp³-hybridized carbons (Fsp3) is 0.556. The highest BCUT2D eigenvalue weighted by Crippen LogP contribution is 2.49. The molecule has 5 heteroatoms. The first-order chi connectivity index (χ1) is 11.1. The van der Waals surface area contributed by atoms with Crippen molar-refractivity contribution < 1.29 is 19.1 Å². The van der Waals surface area contributed by atoms with Crippen molar-refractivity contribution >= 4 is 11.9 Å². The molecule has 1 saturated carbocycles. The zero-order valence-corrected chi connectivity index (χ0v) is 13.3. The molecule has 0 unspecified atom stereocenters. The van der Waals surface area contributed by atoms with Gasteiger partial charge in [-0.25, -0.2) is 4.39 Å². The molecule has 1 aromatic rings. The summed E-state index contributed by atoms with van der Waals surface area (Å²) in [5, 5.41) is 11.5. The molecule has 0 atom stereocenters. The van der Waals surface area contributed by atoms with Crippen LogP contribution in [-0.2, 0) is 15.0 Å². The van der Waals surface area contributed by atoms with Crippen LogP contribution in [0.5, 0.6) is 0 Å². The van der Waals surface area contributed by atoms with Crippen molar-refractivity contribution in [2.75, 3.05) is 6.54 Å². The molecule has 0 bridgehead atoms. The quantitative estimate of drug-likeness (QED) is 0.649. The molecule has 2 rings (SSSR count). The lowest BCUT2D eigenvalue weighted by atomic mass is 9.94. The molecule has 1 amide bonds. The van der Waals surface area contributed by atoms with Crippen molar-refractivity contribution in [2.45, 2.75) is 56.8 Å². The number of hydrogen-bond acceptors (Lipinski definition) is 2. The molecule has 1 aliphatic carbocycles. The number of carboxylic acids is 1. The summed E-state index contributed by atoms with van der Waals surface area (Å²) in [7, 11) is 0. The van der Waals surface area contributed by atoms with Crippen molar-refractivity contribution in [2.24, 2.45) is 0 Å². The molecule has 126 valence electrons. The number of amides is 1. The summed E-state index contributed by atoms with van der Waals surface area (Å²) < 4.78 is 13.9. The monoisotopic (exact) mass is 321 g/mol. The van der Waals surface area contributed by atoms with Gasteiger partial charge in [-0.05, 0) is 31.7 Å². The minimum absolute atomic E-state index is 0.0755. The Hall–Kier alpha value is -1.91. The molecule has 4 nitrogen and oxygen atoms in total. The number of hydrogen-bond donors (Lipinski definition) is 2. The maximum atomic E-state index is 13.9. The molecule has 0 aromatic heterocycles. The van der Waals surface area contributed by atoms with Crippen molar-refractivity contribution in [3.8, 4) is 0 Å². The standard InChI is InChI=1S/C18H24FNO3/c19-15-9-6-5-8-14(15)18(11-12-18)17(23)20-13-7-3-1-2-4-10-16(21)22/h5-6,8-9H,1-4,7,10-13H2,(H,20,23)(H,21,22). The topological polar surface area (TPSA) is 66.4 Å². The first kappa shape index (κ1) is 17.4. The van der Waals surface area contributed by atoms with Gasteiger partial charge in [-0.15, -0.1) is 0 Å². The lowest BCUT2D eigenvalue weighted by Crippen LogP contribution is -2.35. The Morgan fingerprint density at radius 1 is 1.09 bits per heavy atom. The first-order valence-corrected chi connectivity index (χ1v) is 8.31. The van der Waals surface area contributed by atoms with Crippen molar-refractivity contribution in [1.29, 1.82) is 0 Å². The highest BCUT2D eigenvalue weighted by molar-refractivity contribution is 5.91. The Morgan fingerprint density at radius 3 is 2.39 bits per heavy atom. The van der Waals surface area contributed by atoms with Gasteiger partial charge in [-0.2, -0.15) is 0 Å². The molecule has 23 heavy (non-hydrogen) atoms. The van der Waals surface area contributed by atoms with Gasteiger partial charge in [-0.1, -0.05) is 37.5 Å². The molecule has 2 N–H and O–H groups in total. The lowest BCUT2D eigenvalue weighted by Gasteiger charge is -2.16. The number of carboxylic acid groups (broad SMARTS) is 1. The van der Waals surface area contributed by atoms with Crippen LogP contribution in [0.15, 0.2) is 24.3 Å². The predicted molar refractivity (Wildman–Crippen MR) is 85.7 cm³/mol. The van der Waals surface area contributed by atoms with Crippen LogP contribution in [0.3, 0.4) is 0 Å². The second kappa shape index (κ2) is 8.09. The number of benzene rings is 1. The zero-order valence-electron chi connectivity index (χ0n) is 13.3. The maximum Gasteiger partial charge on any atom is 0.303 e. The highest BCUT2D eigenvalue weighted by Gasteiger charge is 2.52. The molecule has 1 aromatic carbocycles. The fourth-order valence-electron chi connectivity index (χ4n) is 2.90. The van der Waals surface area contributed by atoms with Crippen LogP contribution in [-0.4, -0.2) is 23.5 Å². The molecule has 1 fully saturated rings. The Balaban J connectivity index is 1.66. The van der Waals surface area contributed by atoms with E-state index in [0.717, 1.165) is 25.7 Å². The van der Waals surface area contributed by atoms with Crippen LogP contribution in [0, 0.1) is 5.82 Å². The number of rotatable bonds is 10. The first-order valence-electron chi connectivity index (χ1n) is 8.31. The van der Waals surface area contributed by atoms with Gasteiger partial charge in [0.25, 0.3) is 0 Å². The van der Waals surface area contributed by atoms with Gasteiger partial charge in [0, 0.05) is 18.5 Å². The third-order valence-corrected chi connectivity index (χ3v) is 4.43. The SMILES string of the molecule is O=C(O)CCCCCCCNC(=O)C1(c2ccccc2F)CC1. The second-order valence-corrected chi connectivity index (χ2v) is 6.23.